The van der Waals surface area contributed by atoms with Crippen molar-refractivity contribution in [2.24, 2.45) is 0 Å². The summed E-state index contributed by atoms with van der Waals surface area (Å²) in [6.07, 6.45) is 4.52. The first-order valence-corrected chi connectivity index (χ1v) is 6.55. The maximum atomic E-state index is 12.1. The summed E-state index contributed by atoms with van der Waals surface area (Å²) in [4.78, 5) is 16.2. The zero-order valence-corrected chi connectivity index (χ0v) is 12.2. The highest BCUT2D eigenvalue weighted by molar-refractivity contribution is 5.88. The molecule has 0 fully saturated rings. The first-order chi connectivity index (χ1) is 9.38. The molecular weight excluding hydrogens is 254 g/mol. The van der Waals surface area contributed by atoms with Crippen LogP contribution in [0.2, 0.25) is 0 Å². The Hall–Kier alpha value is -2.17. The second kappa shape index (κ2) is 5.45. The first kappa shape index (κ1) is 14.2. The number of carbonyl (C=O) groups is 1. The fraction of sp³-hybridized carbons (Fsp3) is 0.400. The zero-order chi connectivity index (χ0) is 14.8. The molecule has 0 amide bonds. The van der Waals surface area contributed by atoms with Crippen LogP contribution in [0.4, 0.5) is 0 Å². The smallest absolute Gasteiger partial charge is 0.341 e. The summed E-state index contributed by atoms with van der Waals surface area (Å²) in [5.74, 6) is -0.390. The van der Waals surface area contributed by atoms with E-state index in [1.165, 1.54) is 6.20 Å². The monoisotopic (exact) mass is 273 g/mol. The maximum absolute atomic E-state index is 12.1. The van der Waals surface area contributed by atoms with E-state index in [9.17, 15) is 4.79 Å². The van der Waals surface area contributed by atoms with Gasteiger partial charge in [0, 0.05) is 12.4 Å². The molecule has 20 heavy (non-hydrogen) atoms. The van der Waals surface area contributed by atoms with Crippen LogP contribution in [0.1, 0.15) is 49.9 Å². The van der Waals surface area contributed by atoms with E-state index in [4.69, 9.17) is 4.74 Å². The molecule has 106 valence electrons. The number of ether oxygens (including phenoxy) is 1. The van der Waals surface area contributed by atoms with E-state index in [0.717, 1.165) is 5.69 Å². The lowest BCUT2D eigenvalue weighted by Crippen LogP contribution is -2.22. The Kier molecular flexibility index (Phi) is 3.88. The minimum absolute atomic E-state index is 0.162. The van der Waals surface area contributed by atoms with Crippen molar-refractivity contribution in [2.75, 3.05) is 0 Å². The lowest BCUT2D eigenvalue weighted by Gasteiger charge is -2.18. The van der Waals surface area contributed by atoms with E-state index < -0.39 is 5.97 Å². The Morgan fingerprint density at radius 3 is 2.65 bits per heavy atom. The van der Waals surface area contributed by atoms with Crippen molar-refractivity contribution in [1.29, 1.82) is 0 Å². The van der Waals surface area contributed by atoms with Gasteiger partial charge in [0.25, 0.3) is 0 Å². The van der Waals surface area contributed by atoms with Gasteiger partial charge in [-0.1, -0.05) is 6.07 Å². The topological polar surface area (TPSA) is 57.0 Å². The van der Waals surface area contributed by atoms with Crippen molar-refractivity contribution in [3.05, 3.63) is 48.0 Å². The highest BCUT2D eigenvalue weighted by Gasteiger charge is 2.19. The predicted octanol–water partition coefficient (Wildman–Crippen LogP) is 2.95. The largest absolute Gasteiger partial charge is 0.452 e. The van der Waals surface area contributed by atoms with Crippen LogP contribution < -0.4 is 0 Å². The van der Waals surface area contributed by atoms with Crippen LogP contribution in [0.5, 0.6) is 0 Å². The minimum atomic E-state index is -0.390. The third-order valence-electron chi connectivity index (χ3n) is 2.89. The van der Waals surface area contributed by atoms with Crippen molar-refractivity contribution in [2.45, 2.75) is 39.3 Å². The number of nitrogens with zero attached hydrogens (tertiary/aromatic N) is 3. The molecular formula is C15H19N3O2. The Bertz CT molecular complexity index is 585. The first-order valence-electron chi connectivity index (χ1n) is 6.55. The fourth-order valence-corrected chi connectivity index (χ4v) is 1.70. The lowest BCUT2D eigenvalue weighted by molar-refractivity contribution is 0.0329. The number of hydrogen-bond donors (Lipinski definition) is 0. The number of carbonyl (C=O) groups excluding carboxylic acids is 1. The number of pyridine rings is 1. The molecule has 0 spiro atoms. The van der Waals surface area contributed by atoms with Crippen molar-refractivity contribution < 1.29 is 9.53 Å². The SMILES string of the molecule is CC(OC(=O)c1cnn(C(C)(C)C)c1)c1ccccn1. The molecule has 0 aliphatic carbocycles. The summed E-state index contributed by atoms with van der Waals surface area (Å²) in [5.41, 5.74) is 1.01. The summed E-state index contributed by atoms with van der Waals surface area (Å²) in [7, 11) is 0. The molecule has 5 nitrogen and oxygen atoms in total. The molecule has 2 heterocycles. The molecule has 5 heteroatoms. The van der Waals surface area contributed by atoms with Crippen molar-refractivity contribution in [1.82, 2.24) is 14.8 Å². The molecule has 2 aromatic rings. The second-order valence-corrected chi connectivity index (χ2v) is 5.65. The van der Waals surface area contributed by atoms with Crippen LogP contribution in [-0.2, 0) is 10.3 Å². The Labute approximate surface area is 118 Å². The Morgan fingerprint density at radius 2 is 2.10 bits per heavy atom. The van der Waals surface area contributed by atoms with E-state index in [1.807, 2.05) is 39.0 Å². The molecule has 1 atom stereocenters. The summed E-state index contributed by atoms with van der Waals surface area (Å²) in [5, 5.41) is 4.19. The lowest BCUT2D eigenvalue weighted by atomic mass is 10.1. The molecule has 0 N–H and O–H groups in total. The van der Waals surface area contributed by atoms with Gasteiger partial charge in [0.15, 0.2) is 0 Å². The number of aromatic nitrogens is 3. The average Bonchev–Trinajstić information content (AvgIpc) is 2.89. The van der Waals surface area contributed by atoms with Gasteiger partial charge in [-0.25, -0.2) is 4.79 Å². The molecule has 0 saturated heterocycles. The molecule has 0 bridgehead atoms. The van der Waals surface area contributed by atoms with Crippen molar-refractivity contribution in [3.8, 4) is 0 Å². The molecule has 0 saturated carbocycles. The van der Waals surface area contributed by atoms with E-state index >= 15 is 0 Å². The molecule has 0 radical (unpaired) electrons. The average molecular weight is 273 g/mol. The minimum Gasteiger partial charge on any atom is -0.452 e. The second-order valence-electron chi connectivity index (χ2n) is 5.65. The quantitative estimate of drug-likeness (QED) is 0.807. The van der Waals surface area contributed by atoms with Gasteiger partial charge in [-0.05, 0) is 39.8 Å². The van der Waals surface area contributed by atoms with E-state index in [1.54, 1.807) is 24.0 Å². The molecule has 1 unspecified atom stereocenters. The summed E-state index contributed by atoms with van der Waals surface area (Å²) >= 11 is 0. The van der Waals surface area contributed by atoms with Crippen LogP contribution in [-0.4, -0.2) is 20.7 Å². The normalized spacial score (nSPS) is 13.0. The Morgan fingerprint density at radius 1 is 1.35 bits per heavy atom. The standard InChI is InChI=1S/C15H19N3O2/c1-11(13-7-5-6-8-16-13)20-14(19)12-9-17-18(10-12)15(2,3)4/h5-11H,1-4H3. The molecule has 0 aliphatic heterocycles. The predicted molar refractivity (Wildman–Crippen MR) is 75.3 cm³/mol. The zero-order valence-electron chi connectivity index (χ0n) is 12.2. The van der Waals surface area contributed by atoms with Crippen molar-refractivity contribution >= 4 is 5.97 Å². The van der Waals surface area contributed by atoms with Gasteiger partial charge in [-0.2, -0.15) is 5.10 Å². The third kappa shape index (κ3) is 3.23. The number of hydrogen-bond acceptors (Lipinski definition) is 4. The molecule has 0 aliphatic rings. The van der Waals surface area contributed by atoms with Crippen LogP contribution in [0.3, 0.4) is 0 Å². The maximum Gasteiger partial charge on any atom is 0.341 e. The number of rotatable bonds is 3. The Balaban J connectivity index is 2.07. The fourth-order valence-electron chi connectivity index (χ4n) is 1.70. The number of esters is 1. The van der Waals surface area contributed by atoms with Crippen LogP contribution >= 0.6 is 0 Å². The van der Waals surface area contributed by atoms with Crippen LogP contribution in [0.25, 0.3) is 0 Å². The van der Waals surface area contributed by atoms with Gasteiger partial charge in [-0.3, -0.25) is 9.67 Å². The van der Waals surface area contributed by atoms with Gasteiger partial charge < -0.3 is 4.74 Å². The molecule has 2 rings (SSSR count). The van der Waals surface area contributed by atoms with Gasteiger partial charge in [0.1, 0.15) is 6.10 Å². The van der Waals surface area contributed by atoms with Gasteiger partial charge in [0.05, 0.1) is 23.0 Å². The summed E-state index contributed by atoms with van der Waals surface area (Å²) in [6.45, 7) is 7.86. The van der Waals surface area contributed by atoms with Gasteiger partial charge >= 0.3 is 5.97 Å². The summed E-state index contributed by atoms with van der Waals surface area (Å²) < 4.78 is 7.14. The molecule has 2 aromatic heterocycles. The van der Waals surface area contributed by atoms with Gasteiger partial charge in [-0.15, -0.1) is 0 Å². The van der Waals surface area contributed by atoms with Gasteiger partial charge in [0.2, 0.25) is 0 Å². The highest BCUT2D eigenvalue weighted by atomic mass is 16.5. The van der Waals surface area contributed by atoms with E-state index in [0.29, 0.717) is 5.56 Å². The highest BCUT2D eigenvalue weighted by Crippen LogP contribution is 2.18. The van der Waals surface area contributed by atoms with Crippen molar-refractivity contribution in [3.63, 3.8) is 0 Å². The third-order valence-corrected chi connectivity index (χ3v) is 2.89. The van der Waals surface area contributed by atoms with E-state index in [-0.39, 0.29) is 11.6 Å². The summed E-state index contributed by atoms with van der Waals surface area (Å²) in [6, 6.07) is 5.52. The molecule has 0 aromatic carbocycles. The van der Waals surface area contributed by atoms with E-state index in [2.05, 4.69) is 10.1 Å². The van der Waals surface area contributed by atoms with Crippen LogP contribution in [0, 0.1) is 0 Å². The van der Waals surface area contributed by atoms with Crippen LogP contribution in [0.15, 0.2) is 36.8 Å².